The number of methoxy groups -OCH3 is 1. The summed E-state index contributed by atoms with van der Waals surface area (Å²) in [5.74, 6) is 0. The Balaban J connectivity index is 2.67. The molecule has 126 valence electrons. The molecule has 1 aromatic rings. The Kier molecular flexibility index (Phi) is 8.40. The largest absolute Gasteiger partial charge is 0.416 e. The number of halogens is 3. The summed E-state index contributed by atoms with van der Waals surface area (Å²) in [6.45, 7) is 1.37. The summed E-state index contributed by atoms with van der Waals surface area (Å²) in [5, 5.41) is 0. The number of ether oxygens (including phenoxy) is 1. The summed E-state index contributed by atoms with van der Waals surface area (Å²) in [4.78, 5) is 5.23. The van der Waals surface area contributed by atoms with E-state index in [0.717, 1.165) is 37.0 Å². The predicted molar refractivity (Wildman–Crippen MR) is 78.1 cm³/mol. The molecule has 1 unspecified atom stereocenters. The van der Waals surface area contributed by atoms with Crippen LogP contribution in [0.5, 0.6) is 0 Å². The predicted octanol–water partition coefficient (Wildman–Crippen LogP) is 3.04. The SMILES string of the molecule is COCCCCC(NOCCN)c1ccc(C(F)(F)F)cc1. The monoisotopic (exact) mass is 320 g/mol. The van der Waals surface area contributed by atoms with E-state index in [1.807, 2.05) is 0 Å². The molecule has 0 aliphatic rings. The number of benzene rings is 1. The van der Waals surface area contributed by atoms with Gasteiger partial charge in [0.25, 0.3) is 0 Å². The van der Waals surface area contributed by atoms with Gasteiger partial charge in [-0.3, -0.25) is 4.84 Å². The number of hydrogen-bond donors (Lipinski definition) is 2. The number of hydroxylamine groups is 1. The van der Waals surface area contributed by atoms with Gasteiger partial charge in [0.05, 0.1) is 18.2 Å². The van der Waals surface area contributed by atoms with Gasteiger partial charge in [0.1, 0.15) is 0 Å². The highest BCUT2D eigenvalue weighted by molar-refractivity contribution is 5.26. The van der Waals surface area contributed by atoms with E-state index >= 15 is 0 Å². The van der Waals surface area contributed by atoms with E-state index in [-0.39, 0.29) is 6.04 Å². The van der Waals surface area contributed by atoms with E-state index in [9.17, 15) is 13.2 Å². The van der Waals surface area contributed by atoms with Crippen LogP contribution in [-0.2, 0) is 15.8 Å². The van der Waals surface area contributed by atoms with Crippen LogP contribution in [0, 0.1) is 0 Å². The van der Waals surface area contributed by atoms with Gasteiger partial charge < -0.3 is 10.5 Å². The molecule has 22 heavy (non-hydrogen) atoms. The highest BCUT2D eigenvalue weighted by Crippen LogP contribution is 2.30. The van der Waals surface area contributed by atoms with Crippen LogP contribution >= 0.6 is 0 Å². The standard InChI is InChI=1S/C15H23F3N2O2/c1-21-10-3-2-4-14(20-22-11-9-19)12-5-7-13(8-6-12)15(16,17)18/h5-8,14,20H,2-4,9-11,19H2,1H3. The second-order valence-corrected chi connectivity index (χ2v) is 4.92. The van der Waals surface area contributed by atoms with Gasteiger partial charge in [-0.05, 0) is 37.0 Å². The molecular formula is C15H23F3N2O2. The fraction of sp³-hybridized carbons (Fsp3) is 0.600. The van der Waals surface area contributed by atoms with Crippen LogP contribution in [0.3, 0.4) is 0 Å². The molecule has 0 saturated heterocycles. The van der Waals surface area contributed by atoms with Gasteiger partial charge in [-0.1, -0.05) is 12.1 Å². The van der Waals surface area contributed by atoms with Gasteiger partial charge in [-0.2, -0.15) is 18.7 Å². The lowest BCUT2D eigenvalue weighted by atomic mass is 10.0. The van der Waals surface area contributed by atoms with Crippen molar-refractivity contribution in [1.29, 1.82) is 0 Å². The molecule has 1 aromatic carbocycles. The second-order valence-electron chi connectivity index (χ2n) is 4.92. The quantitative estimate of drug-likeness (QED) is 0.514. The lowest BCUT2D eigenvalue weighted by Crippen LogP contribution is -2.25. The Labute approximate surface area is 128 Å². The Morgan fingerprint density at radius 1 is 1.14 bits per heavy atom. The molecule has 0 aromatic heterocycles. The molecule has 0 saturated carbocycles. The lowest BCUT2D eigenvalue weighted by molar-refractivity contribution is -0.137. The first-order valence-corrected chi connectivity index (χ1v) is 7.22. The number of alkyl halides is 3. The topological polar surface area (TPSA) is 56.5 Å². The minimum absolute atomic E-state index is 0.175. The molecule has 1 atom stereocenters. The van der Waals surface area contributed by atoms with E-state index in [1.165, 1.54) is 12.1 Å². The third-order valence-corrected chi connectivity index (χ3v) is 3.18. The van der Waals surface area contributed by atoms with Crippen molar-refractivity contribution in [2.24, 2.45) is 5.73 Å². The number of rotatable bonds is 10. The van der Waals surface area contributed by atoms with Crippen LogP contribution in [-0.4, -0.2) is 26.9 Å². The van der Waals surface area contributed by atoms with Crippen molar-refractivity contribution < 1.29 is 22.7 Å². The molecule has 0 fully saturated rings. The summed E-state index contributed by atoms with van der Waals surface area (Å²) in [6.07, 6.45) is -1.83. The fourth-order valence-electron chi connectivity index (χ4n) is 2.01. The third-order valence-electron chi connectivity index (χ3n) is 3.18. The average molecular weight is 320 g/mol. The molecule has 3 N–H and O–H groups in total. The Bertz CT molecular complexity index is 410. The van der Waals surface area contributed by atoms with E-state index < -0.39 is 11.7 Å². The van der Waals surface area contributed by atoms with Crippen molar-refractivity contribution in [3.05, 3.63) is 35.4 Å². The van der Waals surface area contributed by atoms with E-state index in [1.54, 1.807) is 7.11 Å². The normalized spacial score (nSPS) is 13.3. The molecule has 1 rings (SSSR count). The van der Waals surface area contributed by atoms with Crippen molar-refractivity contribution in [2.45, 2.75) is 31.5 Å². The number of nitrogens with one attached hydrogen (secondary N) is 1. The first-order valence-electron chi connectivity index (χ1n) is 7.22. The zero-order chi connectivity index (χ0) is 16.4. The van der Waals surface area contributed by atoms with Crippen LogP contribution in [0.2, 0.25) is 0 Å². The molecule has 0 spiro atoms. The summed E-state index contributed by atoms with van der Waals surface area (Å²) in [5.41, 5.74) is 8.32. The summed E-state index contributed by atoms with van der Waals surface area (Å²) >= 11 is 0. The number of unbranched alkanes of at least 4 members (excludes halogenated alkanes) is 1. The maximum absolute atomic E-state index is 12.6. The van der Waals surface area contributed by atoms with Crippen LogP contribution in [0.4, 0.5) is 13.2 Å². The Morgan fingerprint density at radius 2 is 1.82 bits per heavy atom. The molecule has 0 bridgehead atoms. The van der Waals surface area contributed by atoms with E-state index in [0.29, 0.717) is 19.8 Å². The molecule has 0 aliphatic carbocycles. The van der Waals surface area contributed by atoms with Gasteiger partial charge in [0.15, 0.2) is 0 Å². The van der Waals surface area contributed by atoms with Gasteiger partial charge in [0.2, 0.25) is 0 Å². The molecule has 7 heteroatoms. The van der Waals surface area contributed by atoms with Gasteiger partial charge in [-0.25, -0.2) is 0 Å². The first-order chi connectivity index (χ1) is 10.5. The number of hydrogen-bond acceptors (Lipinski definition) is 4. The molecule has 0 aliphatic heterocycles. The van der Waals surface area contributed by atoms with Crippen LogP contribution in [0.1, 0.15) is 36.4 Å². The van der Waals surface area contributed by atoms with Crippen LogP contribution < -0.4 is 11.2 Å². The summed E-state index contributed by atoms with van der Waals surface area (Å²) < 4.78 is 42.8. The van der Waals surface area contributed by atoms with Crippen molar-refractivity contribution in [3.63, 3.8) is 0 Å². The maximum atomic E-state index is 12.6. The molecule has 0 heterocycles. The third kappa shape index (κ3) is 6.74. The van der Waals surface area contributed by atoms with Crippen LogP contribution in [0.25, 0.3) is 0 Å². The van der Waals surface area contributed by atoms with Crippen molar-refractivity contribution in [2.75, 3.05) is 26.9 Å². The van der Waals surface area contributed by atoms with Gasteiger partial charge >= 0.3 is 6.18 Å². The van der Waals surface area contributed by atoms with E-state index in [4.69, 9.17) is 15.3 Å². The second kappa shape index (κ2) is 9.78. The average Bonchev–Trinajstić information content (AvgIpc) is 2.49. The fourth-order valence-corrected chi connectivity index (χ4v) is 2.01. The summed E-state index contributed by atoms with van der Waals surface area (Å²) in [6, 6.07) is 4.95. The summed E-state index contributed by atoms with van der Waals surface area (Å²) in [7, 11) is 1.63. The highest BCUT2D eigenvalue weighted by Gasteiger charge is 2.30. The Morgan fingerprint density at radius 3 is 2.36 bits per heavy atom. The lowest BCUT2D eigenvalue weighted by Gasteiger charge is -2.19. The van der Waals surface area contributed by atoms with Crippen molar-refractivity contribution >= 4 is 0 Å². The van der Waals surface area contributed by atoms with Gasteiger partial charge in [-0.15, -0.1) is 0 Å². The minimum atomic E-state index is -4.32. The maximum Gasteiger partial charge on any atom is 0.416 e. The molecular weight excluding hydrogens is 297 g/mol. The molecule has 0 amide bonds. The van der Waals surface area contributed by atoms with Gasteiger partial charge in [0, 0.05) is 20.3 Å². The molecule has 4 nitrogen and oxygen atoms in total. The van der Waals surface area contributed by atoms with E-state index in [2.05, 4.69) is 5.48 Å². The zero-order valence-electron chi connectivity index (χ0n) is 12.7. The smallest absolute Gasteiger partial charge is 0.385 e. The Hall–Kier alpha value is -1.15. The molecule has 0 radical (unpaired) electrons. The van der Waals surface area contributed by atoms with Crippen LogP contribution in [0.15, 0.2) is 24.3 Å². The van der Waals surface area contributed by atoms with Crippen molar-refractivity contribution in [3.8, 4) is 0 Å². The first kappa shape index (κ1) is 18.9. The van der Waals surface area contributed by atoms with Crippen molar-refractivity contribution in [1.82, 2.24) is 5.48 Å². The number of nitrogens with two attached hydrogens (primary N) is 1. The minimum Gasteiger partial charge on any atom is -0.385 e. The zero-order valence-corrected chi connectivity index (χ0v) is 12.7. The highest BCUT2D eigenvalue weighted by atomic mass is 19.4.